The van der Waals surface area contributed by atoms with E-state index in [1.807, 2.05) is 17.9 Å². The van der Waals surface area contributed by atoms with Crippen molar-refractivity contribution in [3.8, 4) is 0 Å². The average molecular weight is 327 g/mol. The number of carbonyl (C=O) groups excluding carboxylic acids is 1. The molecule has 1 fully saturated rings. The number of hydrogen-bond acceptors (Lipinski definition) is 3. The summed E-state index contributed by atoms with van der Waals surface area (Å²) in [4.78, 5) is 14.6. The largest absolute Gasteiger partial charge is 0.399 e. The maximum atomic E-state index is 12.7. The monoisotopic (exact) mass is 326 g/mol. The van der Waals surface area contributed by atoms with Gasteiger partial charge in [0.2, 0.25) is 0 Å². The Morgan fingerprint density at radius 1 is 1.58 bits per heavy atom. The molecule has 1 aromatic carbocycles. The lowest BCUT2D eigenvalue weighted by Gasteiger charge is -2.38. The van der Waals surface area contributed by atoms with E-state index in [4.69, 9.17) is 10.5 Å². The van der Waals surface area contributed by atoms with Gasteiger partial charge in [-0.25, -0.2) is 0 Å². The Morgan fingerprint density at radius 2 is 2.32 bits per heavy atom. The van der Waals surface area contributed by atoms with Crippen LogP contribution < -0.4 is 5.73 Å². The molecular formula is C14H19BrN2O2. The highest BCUT2D eigenvalue weighted by atomic mass is 79.9. The Bertz CT molecular complexity index is 479. The van der Waals surface area contributed by atoms with Crippen molar-refractivity contribution in [1.82, 2.24) is 4.90 Å². The van der Waals surface area contributed by atoms with E-state index in [0.717, 1.165) is 10.9 Å². The minimum absolute atomic E-state index is 0.0150. The second-order valence-corrected chi connectivity index (χ2v) is 5.76. The molecular weight excluding hydrogens is 308 g/mol. The zero-order chi connectivity index (χ0) is 14.0. The van der Waals surface area contributed by atoms with Gasteiger partial charge in [0.15, 0.2) is 0 Å². The van der Waals surface area contributed by atoms with Crippen molar-refractivity contribution in [2.45, 2.75) is 32.4 Å². The number of halogens is 1. The number of rotatable bonds is 2. The molecule has 0 radical (unpaired) electrons. The first kappa shape index (κ1) is 14.3. The Morgan fingerprint density at radius 3 is 3.00 bits per heavy atom. The lowest BCUT2D eigenvalue weighted by atomic mass is 10.1. The molecule has 1 aliphatic rings. The fourth-order valence-electron chi connectivity index (χ4n) is 2.29. The van der Waals surface area contributed by atoms with Gasteiger partial charge < -0.3 is 15.4 Å². The second kappa shape index (κ2) is 5.92. The van der Waals surface area contributed by atoms with Gasteiger partial charge in [-0.15, -0.1) is 0 Å². The minimum atomic E-state index is 0.0150. The maximum Gasteiger partial charge on any atom is 0.255 e. The molecule has 4 nitrogen and oxygen atoms in total. The quantitative estimate of drug-likeness (QED) is 0.850. The van der Waals surface area contributed by atoms with Crippen molar-refractivity contribution in [3.05, 3.63) is 28.2 Å². The van der Waals surface area contributed by atoms with Crippen molar-refractivity contribution < 1.29 is 9.53 Å². The summed E-state index contributed by atoms with van der Waals surface area (Å²) in [5.41, 5.74) is 6.99. The van der Waals surface area contributed by atoms with Gasteiger partial charge in [0.1, 0.15) is 0 Å². The number of amides is 1. The zero-order valence-corrected chi connectivity index (χ0v) is 12.8. The maximum absolute atomic E-state index is 12.7. The molecule has 2 N–H and O–H groups in total. The Labute approximate surface area is 122 Å². The summed E-state index contributed by atoms with van der Waals surface area (Å²) in [5.74, 6) is 0.0150. The van der Waals surface area contributed by atoms with Crippen molar-refractivity contribution in [1.29, 1.82) is 0 Å². The van der Waals surface area contributed by atoms with E-state index in [1.54, 1.807) is 12.1 Å². The Balaban J connectivity index is 2.28. The Hall–Kier alpha value is -1.07. The third kappa shape index (κ3) is 3.09. The summed E-state index contributed by atoms with van der Waals surface area (Å²) in [7, 11) is 0. The molecule has 1 heterocycles. The van der Waals surface area contributed by atoms with Crippen molar-refractivity contribution in [3.63, 3.8) is 0 Å². The molecule has 1 saturated heterocycles. The van der Waals surface area contributed by atoms with E-state index in [0.29, 0.717) is 24.4 Å². The van der Waals surface area contributed by atoms with E-state index in [2.05, 4.69) is 22.9 Å². The van der Waals surface area contributed by atoms with Gasteiger partial charge in [0.05, 0.1) is 24.3 Å². The van der Waals surface area contributed by atoms with Gasteiger partial charge in [0, 0.05) is 16.7 Å². The van der Waals surface area contributed by atoms with Gasteiger partial charge in [-0.1, -0.05) is 6.92 Å². The summed E-state index contributed by atoms with van der Waals surface area (Å²) in [6.45, 7) is 5.28. The first-order valence-electron chi connectivity index (χ1n) is 6.50. The molecule has 2 unspecified atom stereocenters. The van der Waals surface area contributed by atoms with Crippen LogP contribution in [0.5, 0.6) is 0 Å². The summed E-state index contributed by atoms with van der Waals surface area (Å²) in [6.07, 6.45) is 0.963. The highest BCUT2D eigenvalue weighted by Crippen LogP contribution is 2.24. The number of morpholine rings is 1. The molecule has 5 heteroatoms. The van der Waals surface area contributed by atoms with Crippen LogP contribution in [-0.4, -0.2) is 36.1 Å². The van der Waals surface area contributed by atoms with Gasteiger partial charge in [-0.3, -0.25) is 4.79 Å². The number of hydrogen-bond donors (Lipinski definition) is 1. The van der Waals surface area contributed by atoms with E-state index < -0.39 is 0 Å². The van der Waals surface area contributed by atoms with E-state index in [-0.39, 0.29) is 18.1 Å². The predicted octanol–water partition coefficient (Wildman–Crippen LogP) is 2.67. The fraction of sp³-hybridized carbons (Fsp3) is 0.500. The predicted molar refractivity (Wildman–Crippen MR) is 79.1 cm³/mol. The molecule has 0 aliphatic carbocycles. The lowest BCUT2D eigenvalue weighted by Crippen LogP contribution is -2.51. The molecule has 0 saturated carbocycles. The van der Waals surface area contributed by atoms with Gasteiger partial charge >= 0.3 is 0 Å². The SMILES string of the molecule is CCC1COC(C)CN1C(=O)c1cc(N)ccc1Br. The lowest BCUT2D eigenvalue weighted by molar-refractivity contribution is -0.0444. The van der Waals surface area contributed by atoms with Gasteiger partial charge in [0.25, 0.3) is 5.91 Å². The van der Waals surface area contributed by atoms with Gasteiger partial charge in [-0.05, 0) is 47.5 Å². The standard InChI is InChI=1S/C14H19BrN2O2/c1-3-11-8-19-9(2)7-17(11)14(18)12-6-10(16)4-5-13(12)15/h4-6,9,11H,3,7-8,16H2,1-2H3. The van der Waals surface area contributed by atoms with Crippen LogP contribution in [0, 0.1) is 0 Å². The number of ether oxygens (including phenoxy) is 1. The number of anilines is 1. The van der Waals surface area contributed by atoms with Crippen LogP contribution in [0.1, 0.15) is 30.6 Å². The van der Waals surface area contributed by atoms with Gasteiger partial charge in [-0.2, -0.15) is 0 Å². The molecule has 104 valence electrons. The van der Waals surface area contributed by atoms with Crippen LogP contribution in [0.4, 0.5) is 5.69 Å². The molecule has 2 rings (SSSR count). The van der Waals surface area contributed by atoms with Crippen molar-refractivity contribution >= 4 is 27.5 Å². The van der Waals surface area contributed by atoms with Crippen LogP contribution in [0.2, 0.25) is 0 Å². The fourth-order valence-corrected chi connectivity index (χ4v) is 2.71. The molecule has 1 aromatic rings. The van der Waals surface area contributed by atoms with E-state index >= 15 is 0 Å². The van der Waals surface area contributed by atoms with Crippen LogP contribution in [0.3, 0.4) is 0 Å². The molecule has 0 aromatic heterocycles. The molecule has 1 amide bonds. The summed E-state index contributed by atoms with van der Waals surface area (Å²) < 4.78 is 6.40. The molecule has 0 spiro atoms. The van der Waals surface area contributed by atoms with Crippen molar-refractivity contribution in [2.24, 2.45) is 0 Å². The third-order valence-corrected chi connectivity index (χ3v) is 4.11. The van der Waals surface area contributed by atoms with E-state index in [1.165, 1.54) is 0 Å². The number of benzene rings is 1. The highest BCUT2D eigenvalue weighted by Gasteiger charge is 2.30. The van der Waals surface area contributed by atoms with Crippen LogP contribution in [0.25, 0.3) is 0 Å². The topological polar surface area (TPSA) is 55.6 Å². The third-order valence-electron chi connectivity index (χ3n) is 3.42. The molecule has 2 atom stereocenters. The van der Waals surface area contributed by atoms with Crippen LogP contribution >= 0.6 is 15.9 Å². The number of carbonyl (C=O) groups is 1. The van der Waals surface area contributed by atoms with Crippen molar-refractivity contribution in [2.75, 3.05) is 18.9 Å². The smallest absolute Gasteiger partial charge is 0.255 e. The number of nitrogens with two attached hydrogens (primary N) is 1. The number of nitrogen functional groups attached to an aromatic ring is 1. The highest BCUT2D eigenvalue weighted by molar-refractivity contribution is 9.10. The molecule has 19 heavy (non-hydrogen) atoms. The average Bonchev–Trinajstić information content (AvgIpc) is 2.40. The summed E-state index contributed by atoms with van der Waals surface area (Å²) >= 11 is 3.42. The second-order valence-electron chi connectivity index (χ2n) is 4.90. The van der Waals surface area contributed by atoms with Crippen LogP contribution in [-0.2, 0) is 4.74 Å². The summed E-state index contributed by atoms with van der Waals surface area (Å²) in [5, 5.41) is 0. The zero-order valence-electron chi connectivity index (χ0n) is 11.2. The van der Waals surface area contributed by atoms with E-state index in [9.17, 15) is 4.79 Å². The summed E-state index contributed by atoms with van der Waals surface area (Å²) in [6, 6.07) is 5.45. The minimum Gasteiger partial charge on any atom is -0.399 e. The first-order chi connectivity index (χ1) is 9.02. The Kier molecular flexibility index (Phi) is 4.47. The van der Waals surface area contributed by atoms with Crippen LogP contribution in [0.15, 0.2) is 22.7 Å². The first-order valence-corrected chi connectivity index (χ1v) is 7.29. The normalized spacial score (nSPS) is 23.4. The molecule has 0 bridgehead atoms. The molecule has 1 aliphatic heterocycles. The number of nitrogens with zero attached hydrogens (tertiary/aromatic N) is 1.